The smallest absolute Gasteiger partial charge is 0.225 e. The Hall–Kier alpha value is -3.22. The Morgan fingerprint density at radius 2 is 2.14 bits per heavy atom. The molecule has 5 atom stereocenters. The number of Topliss-reactive ketones (excluding diaryl/α,β-unsaturated/α-hetero) is 1. The summed E-state index contributed by atoms with van der Waals surface area (Å²) in [6, 6.07) is 8.51. The molecule has 3 aliphatic carbocycles. The number of rotatable bonds is 6. The molecular weight excluding hydrogens is 459 g/mol. The number of allylic oxidation sites excluding steroid dienone is 1. The van der Waals surface area contributed by atoms with E-state index in [0.29, 0.717) is 48.2 Å². The molecule has 0 radical (unpaired) electrons. The van der Waals surface area contributed by atoms with Gasteiger partial charge in [0.15, 0.2) is 5.78 Å². The lowest BCUT2D eigenvalue weighted by molar-refractivity contribution is -0.127. The lowest BCUT2D eigenvalue weighted by Gasteiger charge is -2.49. The van der Waals surface area contributed by atoms with Gasteiger partial charge in [-0.3, -0.25) is 9.59 Å². The van der Waals surface area contributed by atoms with Gasteiger partial charge in [0.05, 0.1) is 13.4 Å². The molecule has 7 heteroatoms. The number of methoxy groups -OCH3 is 1. The summed E-state index contributed by atoms with van der Waals surface area (Å²) in [5.41, 5.74) is 2.29. The van der Waals surface area contributed by atoms with E-state index in [4.69, 9.17) is 4.74 Å². The standard InChI is InChI=1S/C29H33FN2O4/c1-29-12-10-21-20-9-7-18(30)14-17(20)6-8-23(21)27(29)22(24(16-33)28(29)35)4-3-5-26(34)32-25-15-19(36-2)11-13-31-25/h7,9,11,13-16,21-23,27,33H,3-6,8,10,12H2,1-2H3,(H,31,32,34)/b24-16-/t21?,22-,23?,27?,29+/m1/s1. The van der Waals surface area contributed by atoms with Crippen LogP contribution in [0.15, 0.2) is 48.4 Å². The molecule has 3 unspecified atom stereocenters. The Bertz CT molecular complexity index is 1210. The van der Waals surface area contributed by atoms with Gasteiger partial charge in [0.25, 0.3) is 0 Å². The van der Waals surface area contributed by atoms with E-state index in [1.165, 1.54) is 5.56 Å². The number of hydrogen-bond donors (Lipinski definition) is 2. The number of anilines is 1. The molecule has 1 aromatic heterocycles. The number of nitrogens with one attached hydrogen (secondary N) is 1. The van der Waals surface area contributed by atoms with Crippen molar-refractivity contribution in [3.8, 4) is 5.75 Å². The van der Waals surface area contributed by atoms with Crippen LogP contribution >= 0.6 is 0 Å². The monoisotopic (exact) mass is 492 g/mol. The number of fused-ring (bicyclic) bond motifs is 5. The summed E-state index contributed by atoms with van der Waals surface area (Å²) in [7, 11) is 1.56. The molecule has 0 aliphatic heterocycles. The molecular formula is C29H33FN2O4. The summed E-state index contributed by atoms with van der Waals surface area (Å²) in [6.45, 7) is 2.06. The van der Waals surface area contributed by atoms with Crippen molar-refractivity contribution in [2.24, 2.45) is 23.2 Å². The number of ether oxygens (including phenoxy) is 1. The second kappa shape index (κ2) is 9.68. The van der Waals surface area contributed by atoms with Crippen LogP contribution in [0, 0.1) is 29.0 Å². The van der Waals surface area contributed by atoms with Crippen molar-refractivity contribution in [2.45, 2.75) is 57.8 Å². The second-order valence-electron chi connectivity index (χ2n) is 10.7. The molecule has 0 bridgehead atoms. The number of hydrogen-bond acceptors (Lipinski definition) is 5. The lowest BCUT2D eigenvalue weighted by Crippen LogP contribution is -2.44. The van der Waals surface area contributed by atoms with Gasteiger partial charge in [-0.25, -0.2) is 9.37 Å². The van der Waals surface area contributed by atoms with E-state index in [-0.39, 0.29) is 29.3 Å². The Balaban J connectivity index is 1.32. The van der Waals surface area contributed by atoms with Gasteiger partial charge >= 0.3 is 0 Å². The first-order valence-electron chi connectivity index (χ1n) is 12.8. The number of benzene rings is 1. The molecule has 1 aromatic carbocycles. The fourth-order valence-corrected chi connectivity index (χ4v) is 7.28. The molecule has 6 nitrogen and oxygen atoms in total. The minimum atomic E-state index is -0.509. The fraction of sp³-hybridized carbons (Fsp3) is 0.483. The SMILES string of the molecule is COc1ccnc(NC(=O)CCC[C@@H]2/C(=C/O)C(=O)[C@@]3(C)CCC4c5ccc(F)cc5CCC4C23)c1. The molecule has 2 aromatic rings. The van der Waals surface area contributed by atoms with Crippen LogP contribution in [0.2, 0.25) is 0 Å². The fourth-order valence-electron chi connectivity index (χ4n) is 7.28. The van der Waals surface area contributed by atoms with Gasteiger partial charge in [-0.1, -0.05) is 13.0 Å². The highest BCUT2D eigenvalue weighted by molar-refractivity contribution is 6.03. The minimum Gasteiger partial charge on any atom is -0.515 e. The van der Waals surface area contributed by atoms with Crippen molar-refractivity contribution in [2.75, 3.05) is 12.4 Å². The van der Waals surface area contributed by atoms with Crippen LogP contribution in [-0.4, -0.2) is 28.9 Å². The molecule has 2 fully saturated rings. The Morgan fingerprint density at radius 3 is 2.92 bits per heavy atom. The number of ketones is 1. The zero-order chi connectivity index (χ0) is 25.4. The molecule has 190 valence electrons. The third-order valence-corrected chi connectivity index (χ3v) is 8.85. The topological polar surface area (TPSA) is 88.5 Å². The van der Waals surface area contributed by atoms with E-state index >= 15 is 0 Å². The Kier molecular flexibility index (Phi) is 6.58. The highest BCUT2D eigenvalue weighted by atomic mass is 19.1. The normalized spacial score (nSPS) is 29.9. The highest BCUT2D eigenvalue weighted by Gasteiger charge is 2.60. The van der Waals surface area contributed by atoms with Crippen LogP contribution in [0.5, 0.6) is 5.75 Å². The lowest BCUT2D eigenvalue weighted by atomic mass is 9.54. The van der Waals surface area contributed by atoms with Crippen LogP contribution in [0.25, 0.3) is 0 Å². The molecule has 0 spiro atoms. The van der Waals surface area contributed by atoms with Crippen molar-refractivity contribution in [1.29, 1.82) is 0 Å². The number of aliphatic hydroxyl groups is 1. The van der Waals surface area contributed by atoms with E-state index < -0.39 is 5.41 Å². The number of carbonyl (C=O) groups is 2. The third-order valence-electron chi connectivity index (χ3n) is 8.85. The predicted molar refractivity (Wildman–Crippen MR) is 134 cm³/mol. The molecule has 36 heavy (non-hydrogen) atoms. The number of amides is 1. The highest BCUT2D eigenvalue weighted by Crippen LogP contribution is 2.63. The van der Waals surface area contributed by atoms with Crippen molar-refractivity contribution in [1.82, 2.24) is 4.98 Å². The first kappa shape index (κ1) is 24.5. The number of halogens is 1. The van der Waals surface area contributed by atoms with E-state index in [0.717, 1.165) is 37.5 Å². The Morgan fingerprint density at radius 1 is 1.31 bits per heavy atom. The number of aromatic nitrogens is 1. The average molecular weight is 493 g/mol. The zero-order valence-electron chi connectivity index (χ0n) is 20.8. The van der Waals surface area contributed by atoms with Crippen LogP contribution in [0.1, 0.15) is 62.5 Å². The molecule has 5 rings (SSSR count). The molecule has 1 amide bonds. The van der Waals surface area contributed by atoms with Gasteiger partial charge in [0.1, 0.15) is 17.4 Å². The van der Waals surface area contributed by atoms with Crippen LogP contribution < -0.4 is 10.1 Å². The summed E-state index contributed by atoms with van der Waals surface area (Å²) in [6.07, 6.45) is 7.48. The summed E-state index contributed by atoms with van der Waals surface area (Å²) in [5.74, 6) is 1.35. The van der Waals surface area contributed by atoms with Gasteiger partial charge in [0.2, 0.25) is 5.91 Å². The number of nitrogens with zero attached hydrogens (tertiary/aromatic N) is 1. The van der Waals surface area contributed by atoms with Crippen molar-refractivity contribution in [3.63, 3.8) is 0 Å². The minimum absolute atomic E-state index is 0.0494. The number of aryl methyl sites for hydroxylation is 1. The molecule has 2 N–H and O–H groups in total. The van der Waals surface area contributed by atoms with Gasteiger partial charge in [-0.2, -0.15) is 0 Å². The average Bonchev–Trinajstić information content (AvgIpc) is 3.09. The van der Waals surface area contributed by atoms with Gasteiger partial charge in [0, 0.05) is 29.7 Å². The number of aliphatic hydroxyl groups excluding tert-OH is 1. The van der Waals surface area contributed by atoms with Crippen LogP contribution in [0.3, 0.4) is 0 Å². The summed E-state index contributed by atoms with van der Waals surface area (Å²) >= 11 is 0. The molecule has 0 saturated heterocycles. The van der Waals surface area contributed by atoms with Gasteiger partial charge in [-0.05, 0) is 91.5 Å². The molecule has 2 saturated carbocycles. The first-order chi connectivity index (χ1) is 17.4. The number of pyridine rings is 1. The van der Waals surface area contributed by atoms with Crippen molar-refractivity contribution >= 4 is 17.5 Å². The van der Waals surface area contributed by atoms with Crippen LogP contribution in [-0.2, 0) is 16.0 Å². The third kappa shape index (κ3) is 4.18. The summed E-state index contributed by atoms with van der Waals surface area (Å²) in [5, 5.41) is 12.9. The van der Waals surface area contributed by atoms with E-state index in [1.54, 1.807) is 37.6 Å². The largest absolute Gasteiger partial charge is 0.515 e. The van der Waals surface area contributed by atoms with E-state index in [2.05, 4.69) is 17.2 Å². The quantitative estimate of drug-likeness (QED) is 0.396. The summed E-state index contributed by atoms with van der Waals surface area (Å²) < 4.78 is 19.0. The zero-order valence-corrected chi connectivity index (χ0v) is 20.8. The van der Waals surface area contributed by atoms with E-state index in [1.807, 2.05) is 6.07 Å². The van der Waals surface area contributed by atoms with Crippen molar-refractivity contribution in [3.05, 3.63) is 65.3 Å². The maximum Gasteiger partial charge on any atom is 0.225 e. The summed E-state index contributed by atoms with van der Waals surface area (Å²) in [4.78, 5) is 30.2. The predicted octanol–water partition coefficient (Wildman–Crippen LogP) is 5.74. The first-order valence-corrected chi connectivity index (χ1v) is 12.8. The Labute approximate surface area is 211 Å². The van der Waals surface area contributed by atoms with Gasteiger partial charge in [-0.15, -0.1) is 0 Å². The maximum absolute atomic E-state index is 13.9. The van der Waals surface area contributed by atoms with E-state index in [9.17, 15) is 19.1 Å². The number of carbonyl (C=O) groups excluding carboxylic acids is 2. The maximum atomic E-state index is 13.9. The van der Waals surface area contributed by atoms with Gasteiger partial charge < -0.3 is 15.2 Å². The molecule has 1 heterocycles. The second-order valence-corrected chi connectivity index (χ2v) is 10.7. The van der Waals surface area contributed by atoms with Crippen LogP contribution in [0.4, 0.5) is 10.2 Å². The van der Waals surface area contributed by atoms with Crippen molar-refractivity contribution < 1.29 is 23.8 Å². The molecule has 3 aliphatic rings.